The second-order valence-corrected chi connectivity index (χ2v) is 8.33. The number of ether oxygens (including phenoxy) is 1. The van der Waals surface area contributed by atoms with Crippen molar-refractivity contribution < 1.29 is 9.84 Å². The number of nitrogens with one attached hydrogen (secondary N) is 1. The highest BCUT2D eigenvalue weighted by atomic mass is 35.5. The molecule has 1 aromatic heterocycles. The number of allylic oxidation sites excluding steroid dienone is 3. The Balaban J connectivity index is 2.20. The van der Waals surface area contributed by atoms with Gasteiger partial charge in [-0.1, -0.05) is 29.3 Å². The molecule has 2 unspecified atom stereocenters. The molecular formula is C24H27ClN2O3. The summed E-state index contributed by atoms with van der Waals surface area (Å²) >= 11 is 6.18. The van der Waals surface area contributed by atoms with Gasteiger partial charge < -0.3 is 14.8 Å². The molecule has 1 heterocycles. The van der Waals surface area contributed by atoms with Crippen LogP contribution in [0.15, 0.2) is 57.4 Å². The van der Waals surface area contributed by atoms with Gasteiger partial charge in [-0.15, -0.1) is 0 Å². The minimum Gasteiger partial charge on any atom is -0.504 e. The van der Waals surface area contributed by atoms with E-state index in [-0.39, 0.29) is 23.0 Å². The zero-order valence-corrected chi connectivity index (χ0v) is 18.7. The molecule has 2 atom stereocenters. The Morgan fingerprint density at radius 2 is 2.10 bits per heavy atom. The number of hydrogen-bond donors (Lipinski definition) is 2. The molecule has 0 aliphatic heterocycles. The molecule has 6 heteroatoms. The summed E-state index contributed by atoms with van der Waals surface area (Å²) in [5.74, 6) is 0.376. The summed E-state index contributed by atoms with van der Waals surface area (Å²) in [6.07, 6.45) is 6.62. The number of aliphatic imine (C=N–C) groups is 1. The number of aromatic amines is 1. The van der Waals surface area contributed by atoms with Gasteiger partial charge in [-0.05, 0) is 51.8 Å². The van der Waals surface area contributed by atoms with Crippen LogP contribution in [0.25, 0.3) is 0 Å². The molecule has 158 valence electrons. The topological polar surface area (TPSA) is 74.7 Å². The van der Waals surface area contributed by atoms with Crippen molar-refractivity contribution in [1.82, 2.24) is 4.98 Å². The number of pyridine rings is 1. The molecule has 30 heavy (non-hydrogen) atoms. The number of halogens is 1. The number of phenolic OH excluding ortho intramolecular Hbond substituents is 1. The zero-order valence-electron chi connectivity index (χ0n) is 17.9. The molecule has 0 radical (unpaired) electrons. The third kappa shape index (κ3) is 4.08. The first kappa shape index (κ1) is 21.9. The van der Waals surface area contributed by atoms with Crippen LogP contribution in [-0.4, -0.2) is 23.4 Å². The Morgan fingerprint density at radius 1 is 1.37 bits per heavy atom. The first-order valence-corrected chi connectivity index (χ1v) is 10.2. The molecule has 0 fully saturated rings. The largest absolute Gasteiger partial charge is 0.504 e. The summed E-state index contributed by atoms with van der Waals surface area (Å²) in [6, 6.07) is 6.57. The number of benzene rings is 1. The fourth-order valence-corrected chi connectivity index (χ4v) is 4.43. The van der Waals surface area contributed by atoms with Crippen LogP contribution in [-0.2, 0) is 12.0 Å². The van der Waals surface area contributed by atoms with E-state index in [0.717, 1.165) is 16.8 Å². The normalized spacial score (nSPS) is 22.2. The molecule has 0 saturated carbocycles. The standard InChI is InChI=1S/C24H27ClN2O3/c1-6-18-15(9-14(2)3)11-20-19(7-8-22(28)27-20)24(18,4)26-13-16-10-17(25)12-21(30-5)23(16)29/h6-10,12-13,15,29H,11H2,1-5H3,(H,27,28)/b18-6+,26-13+. The van der Waals surface area contributed by atoms with Crippen molar-refractivity contribution in [3.8, 4) is 11.5 Å². The van der Waals surface area contributed by atoms with Gasteiger partial charge in [-0.3, -0.25) is 9.79 Å². The second kappa shape index (κ2) is 8.52. The average Bonchev–Trinajstić information content (AvgIpc) is 2.67. The number of phenols is 1. The summed E-state index contributed by atoms with van der Waals surface area (Å²) in [4.78, 5) is 19.9. The van der Waals surface area contributed by atoms with E-state index < -0.39 is 5.54 Å². The molecule has 0 bridgehead atoms. The smallest absolute Gasteiger partial charge is 0.248 e. The summed E-state index contributed by atoms with van der Waals surface area (Å²) < 4.78 is 5.20. The number of hydrogen-bond acceptors (Lipinski definition) is 4. The number of H-pyrrole nitrogens is 1. The van der Waals surface area contributed by atoms with Gasteiger partial charge in [0.05, 0.1) is 7.11 Å². The summed E-state index contributed by atoms with van der Waals surface area (Å²) in [6.45, 7) is 8.16. The number of methoxy groups -OCH3 is 1. The third-order valence-corrected chi connectivity index (χ3v) is 5.73. The van der Waals surface area contributed by atoms with Crippen LogP contribution < -0.4 is 10.3 Å². The lowest BCUT2D eigenvalue weighted by Gasteiger charge is -2.39. The monoisotopic (exact) mass is 426 g/mol. The van der Waals surface area contributed by atoms with E-state index in [9.17, 15) is 9.90 Å². The molecule has 0 spiro atoms. The second-order valence-electron chi connectivity index (χ2n) is 7.89. The van der Waals surface area contributed by atoms with Crippen molar-refractivity contribution in [2.45, 2.75) is 39.7 Å². The molecule has 1 aliphatic rings. The zero-order chi connectivity index (χ0) is 22.1. The van der Waals surface area contributed by atoms with E-state index in [1.807, 2.05) is 19.9 Å². The van der Waals surface area contributed by atoms with Crippen molar-refractivity contribution in [2.24, 2.45) is 10.9 Å². The van der Waals surface area contributed by atoms with Crippen LogP contribution >= 0.6 is 11.6 Å². The van der Waals surface area contributed by atoms with Crippen molar-refractivity contribution in [2.75, 3.05) is 7.11 Å². The molecule has 5 nitrogen and oxygen atoms in total. The highest BCUT2D eigenvalue weighted by Gasteiger charge is 2.40. The van der Waals surface area contributed by atoms with E-state index in [1.165, 1.54) is 18.7 Å². The number of nitrogens with zero attached hydrogens (tertiary/aromatic N) is 1. The van der Waals surface area contributed by atoms with Crippen molar-refractivity contribution in [3.05, 3.63) is 79.8 Å². The summed E-state index contributed by atoms with van der Waals surface area (Å²) in [7, 11) is 1.48. The lowest BCUT2D eigenvalue weighted by Crippen LogP contribution is -2.35. The molecule has 0 saturated heterocycles. The fraction of sp³-hybridized carbons (Fsp3) is 0.333. The Bertz CT molecular complexity index is 1110. The van der Waals surface area contributed by atoms with Crippen LogP contribution in [0, 0.1) is 5.92 Å². The molecule has 2 N–H and O–H groups in total. The van der Waals surface area contributed by atoms with E-state index in [1.54, 1.807) is 18.3 Å². The molecular weight excluding hydrogens is 400 g/mol. The number of aromatic nitrogens is 1. The van der Waals surface area contributed by atoms with Gasteiger partial charge in [0.1, 0.15) is 5.54 Å². The average molecular weight is 427 g/mol. The predicted octanol–water partition coefficient (Wildman–Crippen LogP) is 5.16. The third-order valence-electron chi connectivity index (χ3n) is 5.51. The van der Waals surface area contributed by atoms with Gasteiger partial charge in [0.25, 0.3) is 0 Å². The number of aromatic hydroxyl groups is 1. The Hall–Kier alpha value is -2.79. The minimum absolute atomic E-state index is 0.0189. The summed E-state index contributed by atoms with van der Waals surface area (Å²) in [5.41, 5.74) is 3.77. The van der Waals surface area contributed by atoms with Crippen LogP contribution in [0.5, 0.6) is 11.5 Å². The molecule has 0 amide bonds. The Morgan fingerprint density at radius 3 is 2.73 bits per heavy atom. The maximum absolute atomic E-state index is 12.0. The first-order chi connectivity index (χ1) is 14.2. The van der Waals surface area contributed by atoms with Crippen molar-refractivity contribution >= 4 is 17.8 Å². The van der Waals surface area contributed by atoms with Gasteiger partial charge in [0, 0.05) is 46.1 Å². The SMILES string of the molecule is C/C=C1\C(C=C(C)C)Cc2[nH]c(=O)ccc2C1(C)/N=C/c1cc(Cl)cc(OC)c1O. The van der Waals surface area contributed by atoms with Gasteiger partial charge >= 0.3 is 0 Å². The Labute approximate surface area is 181 Å². The van der Waals surface area contributed by atoms with Crippen molar-refractivity contribution in [3.63, 3.8) is 0 Å². The van der Waals surface area contributed by atoms with Crippen LogP contribution in [0.4, 0.5) is 0 Å². The quantitative estimate of drug-likeness (QED) is 0.523. The lowest BCUT2D eigenvalue weighted by molar-refractivity contribution is 0.373. The number of rotatable bonds is 4. The number of fused-ring (bicyclic) bond motifs is 1. The highest BCUT2D eigenvalue weighted by molar-refractivity contribution is 6.31. The predicted molar refractivity (Wildman–Crippen MR) is 122 cm³/mol. The lowest BCUT2D eigenvalue weighted by atomic mass is 9.70. The molecule has 1 aromatic carbocycles. The van der Waals surface area contributed by atoms with Gasteiger partial charge in [-0.2, -0.15) is 0 Å². The maximum atomic E-state index is 12.0. The van der Waals surface area contributed by atoms with Crippen molar-refractivity contribution in [1.29, 1.82) is 0 Å². The van der Waals surface area contributed by atoms with Crippen LogP contribution in [0.2, 0.25) is 5.02 Å². The highest BCUT2D eigenvalue weighted by Crippen LogP contribution is 2.45. The fourth-order valence-electron chi connectivity index (χ4n) is 4.22. The van der Waals surface area contributed by atoms with E-state index in [0.29, 0.717) is 17.0 Å². The summed E-state index contributed by atoms with van der Waals surface area (Å²) in [5, 5.41) is 10.9. The minimum atomic E-state index is -0.717. The van der Waals surface area contributed by atoms with Crippen LogP contribution in [0.3, 0.4) is 0 Å². The molecule has 3 rings (SSSR count). The van der Waals surface area contributed by atoms with E-state index in [4.69, 9.17) is 21.3 Å². The van der Waals surface area contributed by atoms with Gasteiger partial charge in [-0.25, -0.2) is 0 Å². The van der Waals surface area contributed by atoms with E-state index in [2.05, 4.69) is 31.0 Å². The van der Waals surface area contributed by atoms with Gasteiger partial charge in [0.15, 0.2) is 11.5 Å². The maximum Gasteiger partial charge on any atom is 0.248 e. The van der Waals surface area contributed by atoms with Gasteiger partial charge in [0.2, 0.25) is 5.56 Å². The first-order valence-electron chi connectivity index (χ1n) is 9.85. The molecule has 2 aromatic rings. The van der Waals surface area contributed by atoms with Crippen LogP contribution in [0.1, 0.15) is 44.5 Å². The van der Waals surface area contributed by atoms with E-state index >= 15 is 0 Å². The Kier molecular flexibility index (Phi) is 6.22. The molecule has 1 aliphatic carbocycles.